The summed E-state index contributed by atoms with van der Waals surface area (Å²) in [7, 11) is 3.65. The second-order valence-electron chi connectivity index (χ2n) is 5.56. The molecule has 0 aliphatic carbocycles. The molecule has 10 heteroatoms. The van der Waals surface area contributed by atoms with Crippen molar-refractivity contribution < 1.29 is 9.53 Å². The fourth-order valence-corrected chi connectivity index (χ4v) is 2.44. The monoisotopic (exact) mass is 415 g/mol. The molecule has 1 unspecified atom stereocenters. The molecule has 1 aliphatic heterocycles. The lowest BCUT2D eigenvalue weighted by molar-refractivity contribution is -0.123. The molecule has 1 aromatic heterocycles. The maximum atomic E-state index is 11.9. The number of nitrogens with one attached hydrogen (secondary N) is 1. The molecule has 0 spiro atoms. The molecule has 2 heterocycles. The van der Waals surface area contributed by atoms with Gasteiger partial charge in [0.05, 0.1) is 6.61 Å². The smallest absolute Gasteiger partial charge is 0.239 e. The molecule has 1 aromatic rings. The third kappa shape index (κ3) is 7.94. The Balaban J connectivity index is 0. The molecule has 1 fully saturated rings. The van der Waals surface area contributed by atoms with Crippen molar-refractivity contribution in [1.82, 2.24) is 15.2 Å². The van der Waals surface area contributed by atoms with Gasteiger partial charge in [0, 0.05) is 51.6 Å². The molecular formula is C15H28Cl3N5O2. The number of hydrogen-bond donors (Lipinski definition) is 2. The zero-order chi connectivity index (χ0) is 15.9. The van der Waals surface area contributed by atoms with Crippen molar-refractivity contribution >= 4 is 48.9 Å². The van der Waals surface area contributed by atoms with Gasteiger partial charge in [-0.05, 0) is 13.1 Å². The number of ether oxygens (including phenoxy) is 1. The van der Waals surface area contributed by atoms with Gasteiger partial charge in [-0.15, -0.1) is 37.2 Å². The first kappa shape index (κ1) is 26.4. The number of amides is 1. The predicted octanol–water partition coefficient (Wildman–Crippen LogP) is 0.689. The second-order valence-corrected chi connectivity index (χ2v) is 5.56. The lowest BCUT2D eigenvalue weighted by Crippen LogP contribution is -2.46. The van der Waals surface area contributed by atoms with Gasteiger partial charge in [-0.2, -0.15) is 0 Å². The van der Waals surface area contributed by atoms with Crippen LogP contribution >= 0.6 is 37.2 Å². The highest BCUT2D eigenvalue weighted by molar-refractivity contribution is 5.86. The Bertz CT molecular complexity index is 502. The van der Waals surface area contributed by atoms with Gasteiger partial charge in [-0.1, -0.05) is 6.07 Å². The van der Waals surface area contributed by atoms with Crippen molar-refractivity contribution in [2.45, 2.75) is 12.6 Å². The van der Waals surface area contributed by atoms with Gasteiger partial charge < -0.3 is 25.6 Å². The van der Waals surface area contributed by atoms with Crippen LogP contribution in [0.5, 0.6) is 0 Å². The number of aromatic nitrogens is 1. The Labute approximate surface area is 167 Å². The Kier molecular flexibility index (Phi) is 14.1. The van der Waals surface area contributed by atoms with Gasteiger partial charge in [0.1, 0.15) is 11.9 Å². The van der Waals surface area contributed by atoms with Crippen LogP contribution in [0.4, 0.5) is 5.82 Å². The van der Waals surface area contributed by atoms with E-state index in [0.29, 0.717) is 6.54 Å². The van der Waals surface area contributed by atoms with Crippen molar-refractivity contribution in [3.05, 3.63) is 23.9 Å². The second kappa shape index (κ2) is 13.4. The van der Waals surface area contributed by atoms with E-state index in [4.69, 9.17) is 10.5 Å². The van der Waals surface area contributed by atoms with E-state index in [1.807, 2.05) is 12.1 Å². The fourth-order valence-electron chi connectivity index (χ4n) is 2.44. The normalized spacial score (nSPS) is 15.2. The lowest BCUT2D eigenvalue weighted by Gasteiger charge is -2.34. The van der Waals surface area contributed by atoms with Gasteiger partial charge in [-0.25, -0.2) is 4.98 Å². The van der Waals surface area contributed by atoms with Crippen molar-refractivity contribution in [2.24, 2.45) is 5.73 Å². The van der Waals surface area contributed by atoms with E-state index in [-0.39, 0.29) is 49.7 Å². The van der Waals surface area contributed by atoms with Crippen LogP contribution in [0.3, 0.4) is 0 Å². The largest absolute Gasteiger partial charge is 0.383 e. The van der Waals surface area contributed by atoms with E-state index < -0.39 is 6.04 Å². The van der Waals surface area contributed by atoms with E-state index in [1.165, 1.54) is 7.11 Å². The minimum atomic E-state index is -0.645. The standard InChI is InChI=1S/C15H25N5O2.3ClH/c1-19-6-8-20(9-7-19)14-12(4-3-5-17-14)10-18-15(21)13(16)11-22-2;;;/h3-5,13H,6-11,16H2,1-2H3,(H,18,21);3*1H. The number of hydrogen-bond acceptors (Lipinski definition) is 6. The summed E-state index contributed by atoms with van der Waals surface area (Å²) in [5.74, 6) is 0.728. The molecule has 1 atom stereocenters. The number of nitrogens with zero attached hydrogens (tertiary/aromatic N) is 3. The predicted molar refractivity (Wildman–Crippen MR) is 107 cm³/mol. The van der Waals surface area contributed by atoms with Crippen LogP contribution in [0.25, 0.3) is 0 Å². The maximum Gasteiger partial charge on any atom is 0.239 e. The number of methoxy groups -OCH3 is 1. The molecular weight excluding hydrogens is 389 g/mol. The van der Waals surface area contributed by atoms with Crippen LogP contribution in [-0.4, -0.2) is 68.8 Å². The van der Waals surface area contributed by atoms with Crippen LogP contribution in [0, 0.1) is 0 Å². The molecule has 1 aliphatic rings. The summed E-state index contributed by atoms with van der Waals surface area (Å²) in [6, 6.07) is 3.23. The number of nitrogens with two attached hydrogens (primary N) is 1. The highest BCUT2D eigenvalue weighted by Gasteiger charge is 2.19. The van der Waals surface area contributed by atoms with Gasteiger partial charge >= 0.3 is 0 Å². The summed E-state index contributed by atoms with van der Waals surface area (Å²) in [5, 5.41) is 2.85. The van der Waals surface area contributed by atoms with Crippen molar-refractivity contribution in [3.63, 3.8) is 0 Å². The highest BCUT2D eigenvalue weighted by atomic mass is 35.5. The lowest BCUT2D eigenvalue weighted by atomic mass is 10.2. The van der Waals surface area contributed by atoms with Gasteiger partial charge in [0.15, 0.2) is 0 Å². The minimum absolute atomic E-state index is 0. The third-order valence-electron chi connectivity index (χ3n) is 3.81. The fraction of sp³-hybridized carbons (Fsp3) is 0.600. The molecule has 146 valence electrons. The van der Waals surface area contributed by atoms with Crippen LogP contribution in [0.15, 0.2) is 18.3 Å². The van der Waals surface area contributed by atoms with E-state index in [9.17, 15) is 4.79 Å². The Hall–Kier alpha value is -0.830. The third-order valence-corrected chi connectivity index (χ3v) is 3.81. The van der Waals surface area contributed by atoms with Crippen molar-refractivity contribution in [1.29, 1.82) is 0 Å². The molecule has 0 bridgehead atoms. The molecule has 1 saturated heterocycles. The number of piperazine rings is 1. The summed E-state index contributed by atoms with van der Waals surface area (Å²) in [6.07, 6.45) is 1.79. The van der Waals surface area contributed by atoms with Crippen LogP contribution in [-0.2, 0) is 16.1 Å². The number of rotatable bonds is 6. The van der Waals surface area contributed by atoms with E-state index in [1.54, 1.807) is 6.20 Å². The van der Waals surface area contributed by atoms with E-state index in [0.717, 1.165) is 37.6 Å². The summed E-state index contributed by atoms with van der Waals surface area (Å²) in [6.45, 7) is 4.55. The van der Waals surface area contributed by atoms with E-state index >= 15 is 0 Å². The summed E-state index contributed by atoms with van der Waals surface area (Å²) in [4.78, 5) is 20.9. The van der Waals surface area contributed by atoms with Gasteiger partial charge in [-0.3, -0.25) is 4.79 Å². The summed E-state index contributed by atoms with van der Waals surface area (Å²) >= 11 is 0. The number of halogens is 3. The quantitative estimate of drug-likeness (QED) is 0.710. The summed E-state index contributed by atoms with van der Waals surface area (Å²) < 4.78 is 4.89. The highest BCUT2D eigenvalue weighted by Crippen LogP contribution is 2.18. The first-order valence-electron chi connectivity index (χ1n) is 7.51. The zero-order valence-electron chi connectivity index (χ0n) is 14.5. The maximum absolute atomic E-state index is 11.9. The molecule has 0 saturated carbocycles. The molecule has 0 aromatic carbocycles. The van der Waals surface area contributed by atoms with Gasteiger partial charge in [0.2, 0.25) is 5.91 Å². The number of carbonyl (C=O) groups excluding carboxylic acids is 1. The number of likely N-dealkylation sites (N-methyl/N-ethyl adjacent to an activating group) is 1. The first-order valence-corrected chi connectivity index (χ1v) is 7.51. The SMILES string of the molecule is COCC(N)C(=O)NCc1cccnc1N1CCN(C)CC1.Cl.Cl.Cl. The molecule has 1 amide bonds. The van der Waals surface area contributed by atoms with Crippen LogP contribution in [0.1, 0.15) is 5.56 Å². The van der Waals surface area contributed by atoms with Crippen molar-refractivity contribution in [2.75, 3.05) is 51.8 Å². The summed E-state index contributed by atoms with van der Waals surface area (Å²) in [5.41, 5.74) is 6.72. The molecule has 7 nitrogen and oxygen atoms in total. The number of pyridine rings is 1. The van der Waals surface area contributed by atoms with Gasteiger partial charge in [0.25, 0.3) is 0 Å². The molecule has 3 N–H and O–H groups in total. The van der Waals surface area contributed by atoms with Crippen molar-refractivity contribution in [3.8, 4) is 0 Å². The molecule has 2 rings (SSSR count). The average Bonchev–Trinajstić information content (AvgIpc) is 2.54. The zero-order valence-corrected chi connectivity index (χ0v) is 17.0. The molecule has 25 heavy (non-hydrogen) atoms. The number of carbonyl (C=O) groups is 1. The Morgan fingerprint density at radius 2 is 1.96 bits per heavy atom. The minimum Gasteiger partial charge on any atom is -0.383 e. The topological polar surface area (TPSA) is 83.7 Å². The van der Waals surface area contributed by atoms with Crippen LogP contribution < -0.4 is 16.0 Å². The first-order chi connectivity index (χ1) is 10.6. The average molecular weight is 417 g/mol. The Morgan fingerprint density at radius 1 is 1.32 bits per heavy atom. The van der Waals surface area contributed by atoms with E-state index in [2.05, 4.69) is 27.1 Å². The number of anilines is 1. The van der Waals surface area contributed by atoms with Crippen LogP contribution in [0.2, 0.25) is 0 Å². The molecule has 0 radical (unpaired) electrons. The Morgan fingerprint density at radius 3 is 2.56 bits per heavy atom.